The molecule has 0 bridgehead atoms. The van der Waals surface area contributed by atoms with Crippen molar-refractivity contribution in [2.75, 3.05) is 11.1 Å². The molecule has 17 heavy (non-hydrogen) atoms. The molecular weight excluding hydrogens is 257 g/mol. The highest BCUT2D eigenvalue weighted by atomic mass is 35.5. The van der Waals surface area contributed by atoms with Crippen molar-refractivity contribution in [3.05, 3.63) is 16.1 Å². The van der Waals surface area contributed by atoms with E-state index >= 15 is 0 Å². The molecule has 1 rings (SSSR count). The normalized spacial score (nSPS) is 14.4. The zero-order valence-electron chi connectivity index (χ0n) is 10.4. The number of anilines is 2. The van der Waals surface area contributed by atoms with Crippen molar-refractivity contribution in [3.63, 3.8) is 0 Å². The monoisotopic (exact) mass is 275 g/mol. The second-order valence-corrected chi connectivity index (χ2v) is 5.29. The first-order valence-corrected chi connectivity index (χ1v) is 6.57. The average molecular weight is 276 g/mol. The van der Waals surface area contributed by atoms with Gasteiger partial charge in [0, 0.05) is 6.04 Å². The van der Waals surface area contributed by atoms with Gasteiger partial charge < -0.3 is 11.1 Å². The summed E-state index contributed by atoms with van der Waals surface area (Å²) in [6.07, 6.45) is 2.23. The van der Waals surface area contributed by atoms with Gasteiger partial charge in [-0.1, -0.05) is 43.5 Å². The summed E-state index contributed by atoms with van der Waals surface area (Å²) in [5.74, 6) is 1.57. The zero-order chi connectivity index (χ0) is 13.0. The van der Waals surface area contributed by atoms with Gasteiger partial charge in [-0.15, -0.1) is 0 Å². The maximum atomic E-state index is 6.05. The third-order valence-electron chi connectivity index (χ3n) is 2.79. The predicted octanol–water partition coefficient (Wildman–Crippen LogP) is 4.21. The van der Waals surface area contributed by atoms with Gasteiger partial charge in [-0.05, 0) is 25.3 Å². The van der Waals surface area contributed by atoms with Crippen LogP contribution in [0.25, 0.3) is 0 Å². The molecule has 0 amide bonds. The summed E-state index contributed by atoms with van der Waals surface area (Å²) in [5.41, 5.74) is 5.65. The SMILES string of the molecule is CCC(C)CC(C)Nc1nc(N)c(Cl)cc1Cl. The van der Waals surface area contributed by atoms with Gasteiger partial charge in [0.05, 0.1) is 10.0 Å². The number of nitrogens with one attached hydrogen (secondary N) is 1. The van der Waals surface area contributed by atoms with Crippen LogP contribution in [0.15, 0.2) is 6.07 Å². The number of pyridine rings is 1. The first-order valence-electron chi connectivity index (χ1n) is 5.82. The number of halogens is 2. The summed E-state index contributed by atoms with van der Waals surface area (Å²) < 4.78 is 0. The fourth-order valence-corrected chi connectivity index (χ4v) is 2.06. The number of nitrogen functional groups attached to an aromatic ring is 1. The Morgan fingerprint density at radius 2 is 2.00 bits per heavy atom. The largest absolute Gasteiger partial charge is 0.382 e. The number of nitrogens with zero attached hydrogens (tertiary/aromatic N) is 1. The molecule has 3 nitrogen and oxygen atoms in total. The molecule has 96 valence electrons. The summed E-state index contributed by atoms with van der Waals surface area (Å²) in [6.45, 7) is 6.52. The molecule has 0 saturated carbocycles. The van der Waals surface area contributed by atoms with Crippen molar-refractivity contribution in [2.45, 2.75) is 39.7 Å². The van der Waals surface area contributed by atoms with Crippen LogP contribution in [0.1, 0.15) is 33.6 Å². The molecule has 0 aliphatic heterocycles. The molecule has 2 atom stereocenters. The van der Waals surface area contributed by atoms with Crippen LogP contribution < -0.4 is 11.1 Å². The Kier molecular flexibility index (Phi) is 5.34. The molecule has 0 aromatic carbocycles. The molecular formula is C12H19Cl2N3. The van der Waals surface area contributed by atoms with Crippen molar-refractivity contribution in [1.82, 2.24) is 4.98 Å². The molecule has 0 radical (unpaired) electrons. The minimum absolute atomic E-state index is 0.300. The van der Waals surface area contributed by atoms with Crippen molar-refractivity contribution < 1.29 is 0 Å². The summed E-state index contributed by atoms with van der Waals surface area (Å²) in [6, 6.07) is 1.92. The van der Waals surface area contributed by atoms with E-state index in [1.54, 1.807) is 6.07 Å². The fourth-order valence-electron chi connectivity index (χ4n) is 1.64. The van der Waals surface area contributed by atoms with E-state index in [0.29, 0.717) is 33.6 Å². The Balaban J connectivity index is 2.71. The van der Waals surface area contributed by atoms with E-state index in [2.05, 4.69) is 31.1 Å². The number of nitrogens with two attached hydrogens (primary N) is 1. The molecule has 1 aromatic heterocycles. The Morgan fingerprint density at radius 1 is 1.35 bits per heavy atom. The fraction of sp³-hybridized carbons (Fsp3) is 0.583. The molecule has 0 fully saturated rings. The highest BCUT2D eigenvalue weighted by Gasteiger charge is 2.11. The lowest BCUT2D eigenvalue weighted by Gasteiger charge is -2.19. The van der Waals surface area contributed by atoms with Crippen LogP contribution in [0.4, 0.5) is 11.6 Å². The van der Waals surface area contributed by atoms with Crippen LogP contribution in [-0.2, 0) is 0 Å². The molecule has 0 aliphatic carbocycles. The van der Waals surface area contributed by atoms with Crippen LogP contribution in [0.2, 0.25) is 10.0 Å². The molecule has 0 saturated heterocycles. The molecule has 1 heterocycles. The minimum atomic E-state index is 0.300. The van der Waals surface area contributed by atoms with E-state index < -0.39 is 0 Å². The van der Waals surface area contributed by atoms with Crippen LogP contribution in [-0.4, -0.2) is 11.0 Å². The Hall–Kier alpha value is -0.670. The molecule has 1 aromatic rings. The van der Waals surface area contributed by atoms with Gasteiger partial charge in [-0.2, -0.15) is 0 Å². The minimum Gasteiger partial charge on any atom is -0.382 e. The lowest BCUT2D eigenvalue weighted by Crippen LogP contribution is -2.19. The lowest BCUT2D eigenvalue weighted by atomic mass is 10.0. The van der Waals surface area contributed by atoms with Gasteiger partial charge in [-0.25, -0.2) is 4.98 Å². The van der Waals surface area contributed by atoms with Crippen molar-refractivity contribution in [3.8, 4) is 0 Å². The van der Waals surface area contributed by atoms with E-state index in [9.17, 15) is 0 Å². The van der Waals surface area contributed by atoms with E-state index in [0.717, 1.165) is 12.8 Å². The topological polar surface area (TPSA) is 50.9 Å². The van der Waals surface area contributed by atoms with Crippen LogP contribution in [0, 0.1) is 5.92 Å². The lowest BCUT2D eigenvalue weighted by molar-refractivity contribution is 0.483. The van der Waals surface area contributed by atoms with E-state index in [4.69, 9.17) is 28.9 Å². The van der Waals surface area contributed by atoms with E-state index in [-0.39, 0.29) is 0 Å². The van der Waals surface area contributed by atoms with Crippen molar-refractivity contribution in [1.29, 1.82) is 0 Å². The smallest absolute Gasteiger partial charge is 0.147 e. The van der Waals surface area contributed by atoms with Gasteiger partial charge >= 0.3 is 0 Å². The molecule has 5 heteroatoms. The van der Waals surface area contributed by atoms with Gasteiger partial charge in [0.2, 0.25) is 0 Å². The van der Waals surface area contributed by atoms with E-state index in [1.165, 1.54) is 0 Å². The van der Waals surface area contributed by atoms with Gasteiger partial charge in [0.25, 0.3) is 0 Å². The molecule has 0 aliphatic rings. The maximum Gasteiger partial charge on any atom is 0.147 e. The average Bonchev–Trinajstić information content (AvgIpc) is 2.25. The standard InChI is InChI=1S/C12H19Cl2N3/c1-4-7(2)5-8(3)16-12-10(14)6-9(13)11(15)17-12/h6-8H,4-5H2,1-3H3,(H3,15,16,17). The Bertz CT molecular complexity index is 382. The number of hydrogen-bond donors (Lipinski definition) is 2. The third-order valence-corrected chi connectivity index (χ3v) is 3.38. The predicted molar refractivity (Wildman–Crippen MR) is 75.8 cm³/mol. The second kappa shape index (κ2) is 6.31. The van der Waals surface area contributed by atoms with Gasteiger partial charge in [-0.3, -0.25) is 0 Å². The number of rotatable bonds is 5. The summed E-state index contributed by atoms with van der Waals surface area (Å²) >= 11 is 11.9. The number of aromatic nitrogens is 1. The first kappa shape index (κ1) is 14.4. The zero-order valence-corrected chi connectivity index (χ0v) is 11.9. The Labute approximate surface area is 113 Å². The van der Waals surface area contributed by atoms with Crippen LogP contribution in [0.3, 0.4) is 0 Å². The first-order chi connectivity index (χ1) is 7.93. The van der Waals surface area contributed by atoms with Gasteiger partial charge in [0.15, 0.2) is 0 Å². The summed E-state index contributed by atoms with van der Waals surface area (Å²) in [5, 5.41) is 4.15. The van der Waals surface area contributed by atoms with Crippen molar-refractivity contribution >= 4 is 34.8 Å². The van der Waals surface area contributed by atoms with Crippen LogP contribution >= 0.6 is 23.2 Å². The van der Waals surface area contributed by atoms with E-state index in [1.807, 2.05) is 0 Å². The van der Waals surface area contributed by atoms with Crippen LogP contribution in [0.5, 0.6) is 0 Å². The summed E-state index contributed by atoms with van der Waals surface area (Å²) in [7, 11) is 0. The van der Waals surface area contributed by atoms with Gasteiger partial charge in [0.1, 0.15) is 11.6 Å². The molecule has 2 unspecified atom stereocenters. The second-order valence-electron chi connectivity index (χ2n) is 4.48. The Morgan fingerprint density at radius 3 is 2.59 bits per heavy atom. The molecule has 0 spiro atoms. The number of hydrogen-bond acceptors (Lipinski definition) is 3. The molecule has 3 N–H and O–H groups in total. The highest BCUT2D eigenvalue weighted by molar-refractivity contribution is 6.37. The summed E-state index contributed by atoms with van der Waals surface area (Å²) in [4.78, 5) is 4.15. The third kappa shape index (κ3) is 4.25. The van der Waals surface area contributed by atoms with Crippen molar-refractivity contribution in [2.24, 2.45) is 5.92 Å². The quantitative estimate of drug-likeness (QED) is 0.847. The highest BCUT2D eigenvalue weighted by Crippen LogP contribution is 2.28. The maximum absolute atomic E-state index is 6.05.